The summed E-state index contributed by atoms with van der Waals surface area (Å²) in [4.78, 5) is 18.3. The van der Waals surface area contributed by atoms with Crippen LogP contribution in [0, 0.1) is 20.8 Å². The van der Waals surface area contributed by atoms with Gasteiger partial charge in [-0.25, -0.2) is 9.78 Å². The number of anilines is 2. The number of ether oxygens (including phenoxy) is 2. The second kappa shape index (κ2) is 13.4. The normalized spacial score (nSPS) is 11.6. The molecule has 8 nitrogen and oxygen atoms in total. The molecule has 0 aliphatic heterocycles. The van der Waals surface area contributed by atoms with Crippen LogP contribution in [0.15, 0.2) is 59.6 Å². The molecular weight excluding hydrogens is 540 g/mol. The third kappa shape index (κ3) is 7.99. The van der Waals surface area contributed by atoms with Gasteiger partial charge in [0.25, 0.3) is 0 Å². The summed E-state index contributed by atoms with van der Waals surface area (Å²) in [6, 6.07) is 12.6. The Hall–Kier alpha value is -3.62. The molecule has 0 atom stereocenters. The summed E-state index contributed by atoms with van der Waals surface area (Å²) in [5.41, 5.74) is 6.54. The maximum absolute atomic E-state index is 11.9. The van der Waals surface area contributed by atoms with Gasteiger partial charge in [0, 0.05) is 42.5 Å². The first-order valence-electron chi connectivity index (χ1n) is 13.9. The quantitative estimate of drug-likeness (QED) is 0.125. The van der Waals surface area contributed by atoms with Crippen LogP contribution in [-0.2, 0) is 14.3 Å². The van der Waals surface area contributed by atoms with E-state index in [4.69, 9.17) is 25.6 Å². The summed E-state index contributed by atoms with van der Waals surface area (Å²) in [5.74, 6) is 0.455. The molecule has 9 heteroatoms. The lowest BCUT2D eigenvalue weighted by molar-refractivity contribution is -0.160. The number of benzene rings is 2. The lowest BCUT2D eigenvalue weighted by atomic mass is 10.0. The largest absolute Gasteiger partial charge is 0.458 e. The van der Waals surface area contributed by atoms with Crippen molar-refractivity contribution in [2.24, 2.45) is 0 Å². The van der Waals surface area contributed by atoms with Gasteiger partial charge < -0.3 is 23.5 Å². The standard InChI is InChI=1S/C32H39ClN4O4/c1-22-10-11-25(31-23(2)35-41-24(31)3)18-29(22)37(15-8-7-9-17-39-20-30(38)40-32(4,5)6)26-12-13-28(27(33)19-26)36-16-14-34-21-36/h10-14,16,18-19,21H,7-9,15,17,20H2,1-6H3. The van der Waals surface area contributed by atoms with Crippen molar-refractivity contribution in [3.05, 3.63) is 77.2 Å². The van der Waals surface area contributed by atoms with Gasteiger partial charge in [0.2, 0.25) is 0 Å². The molecule has 0 saturated carbocycles. The molecule has 0 spiro atoms. The number of imidazole rings is 1. The number of aromatic nitrogens is 3. The van der Waals surface area contributed by atoms with Crippen molar-refractivity contribution in [3.8, 4) is 16.8 Å². The number of rotatable bonds is 12. The Labute approximate surface area is 247 Å². The molecule has 0 bridgehead atoms. The van der Waals surface area contributed by atoms with Crippen molar-refractivity contribution in [1.82, 2.24) is 14.7 Å². The average Bonchev–Trinajstić information content (AvgIpc) is 3.55. The highest BCUT2D eigenvalue weighted by atomic mass is 35.5. The third-order valence-electron chi connectivity index (χ3n) is 6.66. The number of hydrogen-bond donors (Lipinski definition) is 0. The van der Waals surface area contributed by atoms with Crippen LogP contribution in [0.25, 0.3) is 16.8 Å². The van der Waals surface area contributed by atoms with Crippen LogP contribution in [0.1, 0.15) is 57.1 Å². The Bertz CT molecular complexity index is 1440. The van der Waals surface area contributed by atoms with Crippen molar-refractivity contribution in [2.75, 3.05) is 24.7 Å². The lowest BCUT2D eigenvalue weighted by Gasteiger charge is -2.28. The average molecular weight is 579 g/mol. The van der Waals surface area contributed by atoms with Crippen molar-refractivity contribution in [2.45, 2.75) is 66.4 Å². The number of unbranched alkanes of at least 4 members (excludes halogenated alkanes) is 2. The minimum atomic E-state index is -0.509. The zero-order valence-electron chi connectivity index (χ0n) is 24.7. The van der Waals surface area contributed by atoms with E-state index in [0.717, 1.165) is 71.0 Å². The molecule has 0 amide bonds. The number of hydrogen-bond acceptors (Lipinski definition) is 7. The molecule has 4 aromatic rings. The van der Waals surface area contributed by atoms with Crippen molar-refractivity contribution in [1.29, 1.82) is 0 Å². The number of halogens is 1. The molecule has 2 aromatic carbocycles. The van der Waals surface area contributed by atoms with Crippen LogP contribution in [0.4, 0.5) is 11.4 Å². The molecule has 2 aromatic heterocycles. The third-order valence-corrected chi connectivity index (χ3v) is 6.96. The highest BCUT2D eigenvalue weighted by molar-refractivity contribution is 6.32. The topological polar surface area (TPSA) is 82.6 Å². The van der Waals surface area contributed by atoms with Gasteiger partial charge in [-0.15, -0.1) is 0 Å². The van der Waals surface area contributed by atoms with Gasteiger partial charge in [0.05, 0.1) is 22.7 Å². The van der Waals surface area contributed by atoms with E-state index in [1.807, 2.05) is 57.5 Å². The van der Waals surface area contributed by atoms with E-state index in [1.165, 1.54) is 0 Å². The monoisotopic (exact) mass is 578 g/mol. The molecule has 0 N–H and O–H groups in total. The van der Waals surface area contributed by atoms with E-state index in [-0.39, 0.29) is 12.6 Å². The molecule has 4 rings (SSSR count). The van der Waals surface area contributed by atoms with Gasteiger partial charge in [-0.1, -0.05) is 28.9 Å². The second-order valence-electron chi connectivity index (χ2n) is 11.2. The Morgan fingerprint density at radius 2 is 1.88 bits per heavy atom. The van der Waals surface area contributed by atoms with Crippen LogP contribution in [0.5, 0.6) is 0 Å². The minimum Gasteiger partial charge on any atom is -0.458 e. The van der Waals surface area contributed by atoms with Crippen molar-refractivity contribution in [3.63, 3.8) is 0 Å². The second-order valence-corrected chi connectivity index (χ2v) is 11.6. The molecule has 0 unspecified atom stereocenters. The van der Waals surface area contributed by atoms with E-state index >= 15 is 0 Å². The van der Waals surface area contributed by atoms with Crippen LogP contribution in [-0.4, -0.2) is 46.0 Å². The number of aryl methyl sites for hydroxylation is 3. The molecule has 0 radical (unpaired) electrons. The van der Waals surface area contributed by atoms with Gasteiger partial charge >= 0.3 is 5.97 Å². The molecule has 2 heterocycles. The molecule has 41 heavy (non-hydrogen) atoms. The Morgan fingerprint density at radius 1 is 1.07 bits per heavy atom. The highest BCUT2D eigenvalue weighted by Gasteiger charge is 2.19. The summed E-state index contributed by atoms with van der Waals surface area (Å²) in [6.45, 7) is 12.8. The number of esters is 1. The SMILES string of the molecule is Cc1ccc(-c2c(C)noc2C)cc1N(CCCCCOCC(=O)OC(C)(C)C)c1ccc(-n2ccnc2)c(Cl)c1. The molecule has 0 aliphatic rings. The van der Waals surface area contributed by atoms with E-state index < -0.39 is 5.60 Å². The fraction of sp³-hybridized carbons (Fsp3) is 0.406. The zero-order valence-corrected chi connectivity index (χ0v) is 25.5. The highest BCUT2D eigenvalue weighted by Crippen LogP contribution is 2.37. The van der Waals surface area contributed by atoms with Crippen molar-refractivity contribution >= 4 is 28.9 Å². The van der Waals surface area contributed by atoms with Crippen LogP contribution >= 0.6 is 11.6 Å². The molecule has 0 saturated heterocycles. The maximum atomic E-state index is 11.9. The lowest BCUT2D eigenvalue weighted by Crippen LogP contribution is -2.26. The van der Waals surface area contributed by atoms with Crippen LogP contribution in [0.3, 0.4) is 0 Å². The van der Waals surface area contributed by atoms with Crippen molar-refractivity contribution < 1.29 is 18.8 Å². The van der Waals surface area contributed by atoms with Gasteiger partial charge in [0.1, 0.15) is 18.0 Å². The van der Waals surface area contributed by atoms with E-state index in [9.17, 15) is 4.79 Å². The van der Waals surface area contributed by atoms with E-state index in [2.05, 4.69) is 46.2 Å². The number of carbonyl (C=O) groups is 1. The molecule has 218 valence electrons. The summed E-state index contributed by atoms with van der Waals surface area (Å²) < 4.78 is 18.2. The first-order valence-corrected chi connectivity index (χ1v) is 14.3. The summed E-state index contributed by atoms with van der Waals surface area (Å²) in [7, 11) is 0. The fourth-order valence-corrected chi connectivity index (χ4v) is 5.06. The van der Waals surface area contributed by atoms with Crippen LogP contribution in [0.2, 0.25) is 5.02 Å². The molecular formula is C32H39ClN4O4. The first kappa shape index (κ1) is 30.3. The predicted octanol–water partition coefficient (Wildman–Crippen LogP) is 7.77. The Balaban J connectivity index is 1.51. The van der Waals surface area contributed by atoms with Gasteiger partial charge in [-0.05, 0) is 96.2 Å². The number of nitrogens with zero attached hydrogens (tertiary/aromatic N) is 4. The summed E-state index contributed by atoms with van der Waals surface area (Å²) in [5, 5.41) is 4.79. The van der Waals surface area contributed by atoms with Crippen LogP contribution < -0.4 is 4.90 Å². The van der Waals surface area contributed by atoms with E-state index in [0.29, 0.717) is 11.6 Å². The number of carbonyl (C=O) groups excluding carboxylic acids is 1. The molecule has 0 aliphatic carbocycles. The summed E-state index contributed by atoms with van der Waals surface area (Å²) >= 11 is 6.78. The smallest absolute Gasteiger partial charge is 0.332 e. The van der Waals surface area contributed by atoms with Gasteiger partial charge in [-0.3, -0.25) is 0 Å². The fourth-order valence-electron chi connectivity index (χ4n) is 4.79. The molecule has 0 fully saturated rings. The van der Waals surface area contributed by atoms with Gasteiger partial charge in [-0.2, -0.15) is 0 Å². The predicted molar refractivity (Wildman–Crippen MR) is 162 cm³/mol. The minimum absolute atomic E-state index is 0.0289. The first-order chi connectivity index (χ1) is 19.5. The maximum Gasteiger partial charge on any atom is 0.332 e. The van der Waals surface area contributed by atoms with E-state index in [1.54, 1.807) is 12.5 Å². The zero-order chi connectivity index (χ0) is 29.6. The van der Waals surface area contributed by atoms with Gasteiger partial charge in [0.15, 0.2) is 0 Å². The Kier molecular flexibility index (Phi) is 9.89. The summed E-state index contributed by atoms with van der Waals surface area (Å²) in [6.07, 6.45) is 8.05. The Morgan fingerprint density at radius 3 is 2.54 bits per heavy atom.